The van der Waals surface area contributed by atoms with E-state index in [2.05, 4.69) is 49.0 Å². The molecule has 114 valence electrons. The molecule has 0 heterocycles. The Hall–Kier alpha value is -1.06. The van der Waals surface area contributed by atoms with Gasteiger partial charge in [0.05, 0.1) is 5.56 Å². The molecular formula is C15H16Br2FNO2. The normalized spacial score (nSPS) is 10.6. The molecule has 0 unspecified atom stereocenters. The summed E-state index contributed by atoms with van der Waals surface area (Å²) < 4.78 is 19.4. The summed E-state index contributed by atoms with van der Waals surface area (Å²) in [5, 5.41) is 2.62. The monoisotopic (exact) mass is 419 g/mol. The smallest absolute Gasteiger partial charge is 0.407 e. The van der Waals surface area contributed by atoms with Crippen LogP contribution in [-0.4, -0.2) is 18.2 Å². The van der Waals surface area contributed by atoms with Gasteiger partial charge in [-0.1, -0.05) is 11.8 Å². The molecule has 1 N–H and O–H groups in total. The van der Waals surface area contributed by atoms with Gasteiger partial charge < -0.3 is 10.1 Å². The minimum atomic E-state index is -0.514. The van der Waals surface area contributed by atoms with Crippen molar-refractivity contribution in [3.05, 3.63) is 32.5 Å². The number of hydrogen-bond acceptors (Lipinski definition) is 2. The highest BCUT2D eigenvalue weighted by Crippen LogP contribution is 2.25. The lowest BCUT2D eigenvalue weighted by Crippen LogP contribution is -2.32. The zero-order valence-electron chi connectivity index (χ0n) is 12.0. The van der Waals surface area contributed by atoms with Gasteiger partial charge in [0.25, 0.3) is 0 Å². The Bertz CT molecular complexity index is 563. The first-order chi connectivity index (χ1) is 9.69. The number of benzene rings is 1. The van der Waals surface area contributed by atoms with Gasteiger partial charge in [-0.25, -0.2) is 9.18 Å². The molecule has 1 amide bonds. The Balaban J connectivity index is 2.50. The summed E-state index contributed by atoms with van der Waals surface area (Å²) in [6, 6.07) is 2.71. The molecule has 0 aliphatic heterocycles. The molecule has 0 atom stereocenters. The van der Waals surface area contributed by atoms with E-state index in [1.807, 2.05) is 0 Å². The molecule has 0 saturated heterocycles. The maximum absolute atomic E-state index is 13.1. The molecule has 6 heteroatoms. The van der Waals surface area contributed by atoms with Gasteiger partial charge in [0, 0.05) is 21.9 Å². The Morgan fingerprint density at radius 3 is 2.43 bits per heavy atom. The summed E-state index contributed by atoms with van der Waals surface area (Å²) in [5.41, 5.74) is 0.160. The van der Waals surface area contributed by atoms with Crippen molar-refractivity contribution in [2.24, 2.45) is 0 Å². The molecule has 21 heavy (non-hydrogen) atoms. The van der Waals surface area contributed by atoms with E-state index in [1.54, 1.807) is 20.8 Å². The average Bonchev–Trinajstić information content (AvgIpc) is 2.29. The Kier molecular flexibility index (Phi) is 6.69. The van der Waals surface area contributed by atoms with Crippen molar-refractivity contribution in [2.75, 3.05) is 6.54 Å². The first-order valence-electron chi connectivity index (χ1n) is 6.29. The standard InChI is InChI=1S/C15H16Br2FNO2/c1-15(2,3)21-14(20)19-7-5-4-6-11-12(16)8-10(18)9-13(11)17/h8-9H,5,7H2,1-3H3,(H,19,20). The van der Waals surface area contributed by atoms with Gasteiger partial charge in [0.1, 0.15) is 11.4 Å². The number of ether oxygens (including phenoxy) is 1. The number of hydrogen-bond donors (Lipinski definition) is 1. The Labute approximate surface area is 140 Å². The van der Waals surface area contributed by atoms with Crippen LogP contribution < -0.4 is 5.32 Å². The van der Waals surface area contributed by atoms with Gasteiger partial charge in [0.15, 0.2) is 0 Å². The highest BCUT2D eigenvalue weighted by molar-refractivity contribution is 9.11. The lowest BCUT2D eigenvalue weighted by molar-refractivity contribution is 0.0529. The van der Waals surface area contributed by atoms with Crippen LogP contribution in [0.5, 0.6) is 0 Å². The van der Waals surface area contributed by atoms with Crippen LogP contribution in [0.4, 0.5) is 9.18 Å². The fraction of sp³-hybridized carbons (Fsp3) is 0.400. The maximum Gasteiger partial charge on any atom is 0.407 e. The third-order valence-corrected chi connectivity index (χ3v) is 3.39. The van der Waals surface area contributed by atoms with Gasteiger partial charge >= 0.3 is 6.09 Å². The molecule has 1 aromatic rings. The second-order valence-corrected chi connectivity index (χ2v) is 6.93. The molecule has 0 fully saturated rings. The Morgan fingerprint density at radius 1 is 1.33 bits per heavy atom. The summed E-state index contributed by atoms with van der Waals surface area (Å²) in [7, 11) is 0. The number of carbonyl (C=O) groups excluding carboxylic acids is 1. The van der Waals surface area contributed by atoms with Crippen molar-refractivity contribution < 1.29 is 13.9 Å². The number of halogens is 3. The van der Waals surface area contributed by atoms with Gasteiger partial charge in [-0.2, -0.15) is 0 Å². The second-order valence-electron chi connectivity index (χ2n) is 5.22. The molecule has 1 aromatic carbocycles. The molecule has 0 aromatic heterocycles. The van der Waals surface area contributed by atoms with Crippen LogP contribution in [0.15, 0.2) is 21.1 Å². The van der Waals surface area contributed by atoms with Crippen molar-refractivity contribution in [1.29, 1.82) is 0 Å². The van der Waals surface area contributed by atoms with Crippen molar-refractivity contribution in [1.82, 2.24) is 5.32 Å². The minimum Gasteiger partial charge on any atom is -0.444 e. The fourth-order valence-electron chi connectivity index (χ4n) is 1.35. The van der Waals surface area contributed by atoms with E-state index in [4.69, 9.17) is 4.74 Å². The topological polar surface area (TPSA) is 38.3 Å². The quantitative estimate of drug-likeness (QED) is 0.560. The molecular weight excluding hydrogens is 405 g/mol. The molecule has 0 spiro atoms. The number of amides is 1. The summed E-state index contributed by atoms with van der Waals surface area (Å²) >= 11 is 6.52. The van der Waals surface area contributed by atoms with Gasteiger partial charge in [-0.3, -0.25) is 0 Å². The Morgan fingerprint density at radius 2 is 1.90 bits per heavy atom. The van der Waals surface area contributed by atoms with E-state index < -0.39 is 11.7 Å². The lowest BCUT2D eigenvalue weighted by Gasteiger charge is -2.19. The van der Waals surface area contributed by atoms with Crippen LogP contribution in [0.3, 0.4) is 0 Å². The van der Waals surface area contributed by atoms with Crippen molar-refractivity contribution in [3.8, 4) is 11.8 Å². The summed E-state index contributed by atoms with van der Waals surface area (Å²) in [6.45, 7) is 5.79. The molecule has 3 nitrogen and oxygen atoms in total. The molecule has 0 aliphatic carbocycles. The van der Waals surface area contributed by atoms with Crippen LogP contribution in [0.25, 0.3) is 0 Å². The van der Waals surface area contributed by atoms with Gasteiger partial charge in [0.2, 0.25) is 0 Å². The number of alkyl carbamates (subject to hydrolysis) is 1. The van der Waals surface area contributed by atoms with Crippen LogP contribution in [0.1, 0.15) is 32.8 Å². The van der Waals surface area contributed by atoms with E-state index in [0.717, 1.165) is 0 Å². The zero-order valence-corrected chi connectivity index (χ0v) is 15.2. The summed E-state index contributed by atoms with van der Waals surface area (Å²) in [6.07, 6.45) is 0.00335. The SMILES string of the molecule is CC(C)(C)OC(=O)NCCC#Cc1c(Br)cc(F)cc1Br. The zero-order chi connectivity index (χ0) is 16.0. The van der Waals surface area contributed by atoms with Crippen molar-refractivity contribution in [2.45, 2.75) is 32.8 Å². The van der Waals surface area contributed by atoms with Gasteiger partial charge in [-0.15, -0.1) is 0 Å². The number of carbonyl (C=O) groups is 1. The highest BCUT2D eigenvalue weighted by Gasteiger charge is 2.15. The highest BCUT2D eigenvalue weighted by atomic mass is 79.9. The van der Waals surface area contributed by atoms with Crippen molar-refractivity contribution >= 4 is 38.0 Å². The molecule has 0 saturated carbocycles. The van der Waals surface area contributed by atoms with Crippen LogP contribution in [0, 0.1) is 17.7 Å². The number of nitrogens with one attached hydrogen (secondary N) is 1. The largest absolute Gasteiger partial charge is 0.444 e. The maximum atomic E-state index is 13.1. The predicted molar refractivity (Wildman–Crippen MR) is 87.5 cm³/mol. The first-order valence-corrected chi connectivity index (χ1v) is 7.88. The summed E-state index contributed by atoms with van der Waals surface area (Å²) in [5.74, 6) is 5.50. The van der Waals surface area contributed by atoms with Crippen LogP contribution in [0.2, 0.25) is 0 Å². The second kappa shape index (κ2) is 7.81. The third kappa shape index (κ3) is 6.96. The molecule has 1 rings (SSSR count). The van der Waals surface area contributed by atoms with E-state index in [1.165, 1.54) is 12.1 Å². The van der Waals surface area contributed by atoms with Crippen LogP contribution in [-0.2, 0) is 4.74 Å². The molecule has 0 radical (unpaired) electrons. The summed E-state index contributed by atoms with van der Waals surface area (Å²) in [4.78, 5) is 11.4. The number of rotatable bonds is 2. The van der Waals surface area contributed by atoms with E-state index in [-0.39, 0.29) is 5.82 Å². The van der Waals surface area contributed by atoms with E-state index >= 15 is 0 Å². The minimum absolute atomic E-state index is 0.342. The average molecular weight is 421 g/mol. The predicted octanol–water partition coefficient (Wildman–Crippen LogP) is 4.62. The molecule has 0 aliphatic rings. The fourth-order valence-corrected chi connectivity index (χ4v) is 2.68. The third-order valence-electron chi connectivity index (χ3n) is 2.14. The lowest BCUT2D eigenvalue weighted by atomic mass is 10.2. The van der Waals surface area contributed by atoms with Crippen molar-refractivity contribution in [3.63, 3.8) is 0 Å². The van der Waals surface area contributed by atoms with Gasteiger partial charge in [-0.05, 0) is 64.8 Å². The first kappa shape index (κ1) is 18.0. The van der Waals surface area contributed by atoms with E-state index in [9.17, 15) is 9.18 Å². The molecule has 0 bridgehead atoms. The van der Waals surface area contributed by atoms with Crippen LogP contribution >= 0.6 is 31.9 Å². The van der Waals surface area contributed by atoms with E-state index in [0.29, 0.717) is 27.5 Å².